The van der Waals surface area contributed by atoms with Crippen molar-refractivity contribution in [2.24, 2.45) is 5.92 Å². The van der Waals surface area contributed by atoms with Crippen LogP contribution in [0.25, 0.3) is 0 Å². The van der Waals surface area contributed by atoms with Gasteiger partial charge in [0, 0.05) is 19.5 Å². The van der Waals surface area contributed by atoms with Crippen molar-refractivity contribution in [3.8, 4) is 0 Å². The summed E-state index contributed by atoms with van der Waals surface area (Å²) in [6.07, 6.45) is 1.25. The van der Waals surface area contributed by atoms with Gasteiger partial charge < -0.3 is 10.2 Å². The zero-order valence-electron chi connectivity index (χ0n) is 15.1. The normalized spacial score (nSPS) is 12.1. The van der Waals surface area contributed by atoms with Gasteiger partial charge in [0.2, 0.25) is 11.8 Å². The van der Waals surface area contributed by atoms with Gasteiger partial charge in [-0.25, -0.2) is 0 Å². The fraction of sp³-hybridized carbons (Fsp3) is 0.579. The molecule has 4 heteroatoms. The third-order valence-electron chi connectivity index (χ3n) is 3.92. The fourth-order valence-corrected chi connectivity index (χ4v) is 2.36. The molecule has 1 N–H and O–H groups in total. The second kappa shape index (κ2) is 9.33. The van der Waals surface area contributed by atoms with Crippen LogP contribution in [-0.4, -0.2) is 29.3 Å². The predicted molar refractivity (Wildman–Crippen MR) is 93.9 cm³/mol. The third-order valence-corrected chi connectivity index (χ3v) is 3.92. The van der Waals surface area contributed by atoms with Crippen LogP contribution in [-0.2, 0) is 16.1 Å². The first-order valence-corrected chi connectivity index (χ1v) is 8.48. The minimum atomic E-state index is -0.465. The summed E-state index contributed by atoms with van der Waals surface area (Å²) in [6.45, 7) is 11.0. The van der Waals surface area contributed by atoms with E-state index in [2.05, 4.69) is 19.2 Å². The summed E-state index contributed by atoms with van der Waals surface area (Å²) in [4.78, 5) is 26.6. The van der Waals surface area contributed by atoms with Crippen LogP contribution in [0.1, 0.15) is 51.7 Å². The molecule has 0 aromatic heterocycles. The SMILES string of the molecule is CCCC(=O)N(Cc1ccccc1C)[C@H](C)C(=O)NCC(C)C. The van der Waals surface area contributed by atoms with E-state index in [4.69, 9.17) is 0 Å². The highest BCUT2D eigenvalue weighted by Crippen LogP contribution is 2.15. The first-order valence-electron chi connectivity index (χ1n) is 8.48. The van der Waals surface area contributed by atoms with Crippen LogP contribution in [0.3, 0.4) is 0 Å². The van der Waals surface area contributed by atoms with E-state index in [1.54, 1.807) is 4.90 Å². The summed E-state index contributed by atoms with van der Waals surface area (Å²) in [5.74, 6) is 0.335. The Morgan fingerprint density at radius 1 is 1.17 bits per heavy atom. The summed E-state index contributed by atoms with van der Waals surface area (Å²) in [6, 6.07) is 7.53. The second-order valence-corrected chi connectivity index (χ2v) is 6.51. The molecule has 1 aromatic rings. The molecule has 0 unspecified atom stereocenters. The Kier molecular flexibility index (Phi) is 7.79. The van der Waals surface area contributed by atoms with E-state index >= 15 is 0 Å². The Morgan fingerprint density at radius 3 is 2.39 bits per heavy atom. The molecule has 0 aliphatic heterocycles. The lowest BCUT2D eigenvalue weighted by molar-refractivity contribution is -0.140. The molecule has 1 aromatic carbocycles. The summed E-state index contributed by atoms with van der Waals surface area (Å²) in [5.41, 5.74) is 2.22. The van der Waals surface area contributed by atoms with Gasteiger partial charge in [0.05, 0.1) is 0 Å². The quantitative estimate of drug-likeness (QED) is 0.799. The molecule has 0 radical (unpaired) electrons. The van der Waals surface area contributed by atoms with Crippen molar-refractivity contribution in [1.29, 1.82) is 0 Å². The number of carbonyl (C=O) groups excluding carboxylic acids is 2. The molecule has 23 heavy (non-hydrogen) atoms. The second-order valence-electron chi connectivity index (χ2n) is 6.51. The minimum absolute atomic E-state index is 0.0305. The molecule has 1 rings (SSSR count). The van der Waals surface area contributed by atoms with E-state index in [9.17, 15) is 9.59 Å². The first kappa shape index (κ1) is 19.2. The van der Waals surface area contributed by atoms with Gasteiger partial charge in [-0.05, 0) is 37.3 Å². The number of benzene rings is 1. The maximum atomic E-state index is 12.5. The number of hydrogen-bond donors (Lipinski definition) is 1. The van der Waals surface area contributed by atoms with Gasteiger partial charge in [-0.15, -0.1) is 0 Å². The predicted octanol–water partition coefficient (Wildman–Crippen LogP) is 3.28. The number of amides is 2. The highest BCUT2D eigenvalue weighted by Gasteiger charge is 2.25. The number of aryl methyl sites for hydroxylation is 1. The molecular weight excluding hydrogens is 288 g/mol. The monoisotopic (exact) mass is 318 g/mol. The Morgan fingerprint density at radius 2 is 1.83 bits per heavy atom. The lowest BCUT2D eigenvalue weighted by atomic mass is 10.1. The van der Waals surface area contributed by atoms with E-state index < -0.39 is 6.04 Å². The summed E-state index contributed by atoms with van der Waals surface area (Å²) in [5, 5.41) is 2.93. The van der Waals surface area contributed by atoms with Crippen LogP contribution in [0.15, 0.2) is 24.3 Å². The average molecular weight is 318 g/mol. The highest BCUT2D eigenvalue weighted by atomic mass is 16.2. The minimum Gasteiger partial charge on any atom is -0.354 e. The van der Waals surface area contributed by atoms with Crippen molar-refractivity contribution in [2.45, 2.75) is 60.0 Å². The van der Waals surface area contributed by atoms with Crippen LogP contribution in [0.5, 0.6) is 0 Å². The van der Waals surface area contributed by atoms with Crippen molar-refractivity contribution in [3.05, 3.63) is 35.4 Å². The molecule has 0 fully saturated rings. The standard InChI is InChI=1S/C19H30N2O2/c1-6-9-18(22)21(13-17-11-8-7-10-15(17)4)16(5)19(23)20-12-14(2)3/h7-8,10-11,14,16H,6,9,12-13H2,1-5H3,(H,20,23)/t16-/m1/s1. The molecule has 0 bridgehead atoms. The Balaban J connectivity index is 2.89. The Bertz CT molecular complexity index is 526. The molecule has 0 aliphatic carbocycles. The van der Waals surface area contributed by atoms with Gasteiger partial charge in [-0.1, -0.05) is 45.0 Å². The van der Waals surface area contributed by atoms with Gasteiger partial charge in [0.1, 0.15) is 6.04 Å². The lowest BCUT2D eigenvalue weighted by Gasteiger charge is -2.29. The van der Waals surface area contributed by atoms with Crippen molar-refractivity contribution in [3.63, 3.8) is 0 Å². The molecule has 4 nitrogen and oxygen atoms in total. The maximum Gasteiger partial charge on any atom is 0.242 e. The van der Waals surface area contributed by atoms with Crippen molar-refractivity contribution >= 4 is 11.8 Å². The number of rotatable bonds is 8. The number of nitrogens with one attached hydrogen (secondary N) is 1. The number of carbonyl (C=O) groups is 2. The number of nitrogens with zero attached hydrogens (tertiary/aromatic N) is 1. The molecular formula is C19H30N2O2. The highest BCUT2D eigenvalue weighted by molar-refractivity contribution is 5.87. The van der Waals surface area contributed by atoms with Crippen molar-refractivity contribution in [2.75, 3.05) is 6.54 Å². The molecule has 0 spiro atoms. The van der Waals surface area contributed by atoms with Gasteiger partial charge in [-0.2, -0.15) is 0 Å². The summed E-state index contributed by atoms with van der Waals surface area (Å²) in [7, 11) is 0. The molecule has 128 valence electrons. The van der Waals surface area contributed by atoms with E-state index in [-0.39, 0.29) is 11.8 Å². The van der Waals surface area contributed by atoms with Crippen LogP contribution in [0, 0.1) is 12.8 Å². The van der Waals surface area contributed by atoms with E-state index in [0.717, 1.165) is 17.5 Å². The Labute approximate surface area is 140 Å². The third kappa shape index (κ3) is 6.05. The molecule has 0 saturated heterocycles. The molecule has 0 heterocycles. The van der Waals surface area contributed by atoms with Gasteiger partial charge in [-0.3, -0.25) is 9.59 Å². The lowest BCUT2D eigenvalue weighted by Crippen LogP contribution is -2.48. The van der Waals surface area contributed by atoms with Gasteiger partial charge in [0.25, 0.3) is 0 Å². The van der Waals surface area contributed by atoms with Crippen LogP contribution < -0.4 is 5.32 Å². The summed E-state index contributed by atoms with van der Waals surface area (Å²) < 4.78 is 0. The van der Waals surface area contributed by atoms with Gasteiger partial charge in [0.15, 0.2) is 0 Å². The van der Waals surface area contributed by atoms with Crippen molar-refractivity contribution in [1.82, 2.24) is 10.2 Å². The first-order chi connectivity index (χ1) is 10.9. The summed E-state index contributed by atoms with van der Waals surface area (Å²) >= 11 is 0. The van der Waals surface area contributed by atoms with Crippen LogP contribution >= 0.6 is 0 Å². The van der Waals surface area contributed by atoms with Crippen molar-refractivity contribution < 1.29 is 9.59 Å². The largest absolute Gasteiger partial charge is 0.354 e. The molecule has 2 amide bonds. The molecule has 0 aliphatic rings. The topological polar surface area (TPSA) is 49.4 Å². The number of hydrogen-bond acceptors (Lipinski definition) is 2. The van der Waals surface area contributed by atoms with Crippen LogP contribution in [0.4, 0.5) is 0 Å². The molecule has 1 atom stereocenters. The Hall–Kier alpha value is -1.84. The van der Waals surface area contributed by atoms with Crippen LogP contribution in [0.2, 0.25) is 0 Å². The van der Waals surface area contributed by atoms with E-state index in [1.807, 2.05) is 45.0 Å². The zero-order valence-corrected chi connectivity index (χ0v) is 15.1. The van der Waals surface area contributed by atoms with E-state index in [0.29, 0.717) is 25.4 Å². The molecule has 0 saturated carbocycles. The zero-order chi connectivity index (χ0) is 17.4. The van der Waals surface area contributed by atoms with E-state index in [1.165, 1.54) is 0 Å². The fourth-order valence-electron chi connectivity index (χ4n) is 2.36. The van der Waals surface area contributed by atoms with Gasteiger partial charge >= 0.3 is 0 Å². The smallest absolute Gasteiger partial charge is 0.242 e. The maximum absolute atomic E-state index is 12.5. The average Bonchev–Trinajstić information content (AvgIpc) is 2.51.